The summed E-state index contributed by atoms with van der Waals surface area (Å²) in [4.78, 5) is 64.9. The van der Waals surface area contributed by atoms with Crippen LogP contribution in [-0.4, -0.2) is 81.6 Å². The van der Waals surface area contributed by atoms with E-state index in [1.165, 1.54) is 6.92 Å². The van der Waals surface area contributed by atoms with E-state index in [0.717, 1.165) is 17.3 Å². The average Bonchev–Trinajstić information content (AvgIpc) is 3.54. The van der Waals surface area contributed by atoms with Crippen LogP contribution in [0.4, 0.5) is 0 Å². The Morgan fingerprint density at radius 2 is 1.82 bits per heavy atom. The fourth-order valence-electron chi connectivity index (χ4n) is 4.38. The number of H-pyrrole nitrogens is 1. The van der Waals surface area contributed by atoms with Gasteiger partial charge in [-0.15, -0.1) is 0 Å². The van der Waals surface area contributed by atoms with Gasteiger partial charge in [0.05, 0.1) is 12.1 Å². The van der Waals surface area contributed by atoms with Crippen molar-refractivity contribution < 1.29 is 34.2 Å². The van der Waals surface area contributed by atoms with Crippen LogP contribution in [0.1, 0.15) is 38.2 Å². The van der Waals surface area contributed by atoms with Crippen molar-refractivity contribution in [3.05, 3.63) is 36.0 Å². The number of carbonyl (C=O) groups excluding carboxylic acids is 4. The Kier molecular flexibility index (Phi) is 9.79. The number of aliphatic hydroxyl groups is 1. The molecule has 13 nitrogen and oxygen atoms in total. The lowest BCUT2D eigenvalue weighted by molar-refractivity contribution is -0.143. The molecule has 1 aromatic heterocycles. The van der Waals surface area contributed by atoms with Crippen molar-refractivity contribution in [2.75, 3.05) is 6.54 Å². The number of carbonyl (C=O) groups is 5. The molecule has 3 rings (SSSR count). The van der Waals surface area contributed by atoms with Gasteiger partial charge in [-0.1, -0.05) is 18.2 Å². The number of rotatable bonds is 13. The molecular weight excluding hydrogens is 496 g/mol. The van der Waals surface area contributed by atoms with Crippen LogP contribution >= 0.6 is 0 Å². The molecule has 1 aliphatic rings. The fourth-order valence-corrected chi connectivity index (χ4v) is 4.38. The molecule has 2 heterocycles. The smallest absolute Gasteiger partial charge is 0.326 e. The molecule has 0 radical (unpaired) electrons. The maximum absolute atomic E-state index is 13.0. The average molecular weight is 531 g/mol. The summed E-state index contributed by atoms with van der Waals surface area (Å²) in [6.45, 7) is 1.92. The summed E-state index contributed by atoms with van der Waals surface area (Å²) < 4.78 is 0. The largest absolute Gasteiger partial charge is 0.480 e. The number of aliphatic hydroxyl groups excluding tert-OH is 1. The molecule has 38 heavy (non-hydrogen) atoms. The van der Waals surface area contributed by atoms with Gasteiger partial charge in [0.15, 0.2) is 0 Å². The number of aliphatic carboxylic acids is 1. The number of para-hydroxylation sites is 1. The SMILES string of the molecule is CC(O)C(NC(=O)C(CCC(N)=O)NC(=O)C1CCCN1)C(=O)NC(Cc1c[nH]c2ccccc12)C(=O)O. The lowest BCUT2D eigenvalue weighted by atomic mass is 10.0. The Morgan fingerprint density at radius 1 is 1.08 bits per heavy atom. The maximum atomic E-state index is 13.0. The second kappa shape index (κ2) is 13.0. The number of nitrogens with one attached hydrogen (secondary N) is 5. The first-order chi connectivity index (χ1) is 18.1. The summed E-state index contributed by atoms with van der Waals surface area (Å²) in [6.07, 6.45) is 1.28. The molecule has 0 saturated carbocycles. The quantitative estimate of drug-likeness (QED) is 0.154. The molecule has 0 bridgehead atoms. The zero-order chi connectivity index (χ0) is 27.8. The number of primary amides is 1. The lowest BCUT2D eigenvalue weighted by Crippen LogP contribution is -2.60. The zero-order valence-corrected chi connectivity index (χ0v) is 21.0. The van der Waals surface area contributed by atoms with Crippen molar-refractivity contribution in [3.8, 4) is 0 Å². The van der Waals surface area contributed by atoms with Gasteiger partial charge >= 0.3 is 5.97 Å². The van der Waals surface area contributed by atoms with Gasteiger partial charge in [-0.2, -0.15) is 0 Å². The normalized spacial score (nSPS) is 18.2. The van der Waals surface area contributed by atoms with Crippen molar-refractivity contribution in [1.82, 2.24) is 26.3 Å². The van der Waals surface area contributed by atoms with Crippen LogP contribution in [0.3, 0.4) is 0 Å². The van der Waals surface area contributed by atoms with Crippen molar-refractivity contribution in [3.63, 3.8) is 0 Å². The highest BCUT2D eigenvalue weighted by atomic mass is 16.4. The van der Waals surface area contributed by atoms with E-state index in [1.54, 1.807) is 6.20 Å². The zero-order valence-electron chi connectivity index (χ0n) is 21.0. The van der Waals surface area contributed by atoms with Gasteiger partial charge in [0, 0.05) is 29.9 Å². The number of aromatic amines is 1. The van der Waals surface area contributed by atoms with Gasteiger partial charge in [-0.05, 0) is 44.4 Å². The van der Waals surface area contributed by atoms with E-state index in [0.29, 0.717) is 18.5 Å². The number of benzene rings is 1. The second-order valence-electron chi connectivity index (χ2n) is 9.40. The molecule has 206 valence electrons. The first-order valence-electron chi connectivity index (χ1n) is 12.5. The number of nitrogens with two attached hydrogens (primary N) is 1. The van der Waals surface area contributed by atoms with Crippen LogP contribution in [-0.2, 0) is 30.4 Å². The van der Waals surface area contributed by atoms with E-state index < -0.39 is 59.9 Å². The van der Waals surface area contributed by atoms with Gasteiger partial charge < -0.3 is 42.2 Å². The predicted molar refractivity (Wildman–Crippen MR) is 137 cm³/mol. The predicted octanol–water partition coefficient (Wildman–Crippen LogP) is -1.35. The van der Waals surface area contributed by atoms with Crippen LogP contribution < -0.4 is 27.0 Å². The molecule has 13 heteroatoms. The van der Waals surface area contributed by atoms with E-state index in [2.05, 4.69) is 26.3 Å². The van der Waals surface area contributed by atoms with Crippen molar-refractivity contribution in [1.29, 1.82) is 0 Å². The summed E-state index contributed by atoms with van der Waals surface area (Å²) in [5.74, 6) is -4.15. The lowest BCUT2D eigenvalue weighted by Gasteiger charge is -2.26. The molecule has 5 atom stereocenters. The number of carboxylic acids is 1. The minimum absolute atomic E-state index is 0.0444. The molecule has 9 N–H and O–H groups in total. The topological polar surface area (TPSA) is 216 Å². The third-order valence-electron chi connectivity index (χ3n) is 6.47. The Balaban J connectivity index is 1.70. The van der Waals surface area contributed by atoms with Gasteiger partial charge in [0.1, 0.15) is 18.1 Å². The van der Waals surface area contributed by atoms with Gasteiger partial charge in [-0.3, -0.25) is 19.2 Å². The highest BCUT2D eigenvalue weighted by Gasteiger charge is 2.33. The van der Waals surface area contributed by atoms with Crippen molar-refractivity contribution >= 4 is 40.5 Å². The number of hydrogen-bond donors (Lipinski definition) is 8. The molecule has 1 fully saturated rings. The van der Waals surface area contributed by atoms with Crippen LogP contribution in [0.25, 0.3) is 10.9 Å². The summed E-state index contributed by atoms with van der Waals surface area (Å²) in [5, 5.41) is 31.1. The van der Waals surface area contributed by atoms with E-state index >= 15 is 0 Å². The number of aromatic nitrogens is 1. The van der Waals surface area contributed by atoms with Gasteiger partial charge in [0.25, 0.3) is 0 Å². The minimum atomic E-state index is -1.52. The van der Waals surface area contributed by atoms with E-state index in [9.17, 15) is 34.2 Å². The first-order valence-corrected chi connectivity index (χ1v) is 12.5. The van der Waals surface area contributed by atoms with Crippen LogP contribution in [0, 0.1) is 0 Å². The molecule has 2 aromatic rings. The number of hydrogen-bond acceptors (Lipinski definition) is 7. The monoisotopic (exact) mass is 530 g/mol. The molecule has 1 aliphatic heterocycles. The van der Waals surface area contributed by atoms with E-state index in [4.69, 9.17) is 5.73 Å². The van der Waals surface area contributed by atoms with Crippen molar-refractivity contribution in [2.45, 2.75) is 69.3 Å². The highest BCUT2D eigenvalue weighted by molar-refractivity contribution is 5.95. The molecule has 0 spiro atoms. The summed E-state index contributed by atoms with van der Waals surface area (Å²) in [6, 6.07) is 2.74. The third-order valence-corrected chi connectivity index (χ3v) is 6.47. The molecule has 1 saturated heterocycles. The summed E-state index contributed by atoms with van der Waals surface area (Å²) in [7, 11) is 0. The van der Waals surface area contributed by atoms with Crippen molar-refractivity contribution in [2.24, 2.45) is 5.73 Å². The van der Waals surface area contributed by atoms with Crippen LogP contribution in [0.15, 0.2) is 30.5 Å². The summed E-state index contributed by atoms with van der Waals surface area (Å²) >= 11 is 0. The Bertz CT molecular complexity index is 1170. The van der Waals surface area contributed by atoms with Gasteiger partial charge in [-0.25, -0.2) is 4.79 Å². The molecular formula is C25H34N6O7. The maximum Gasteiger partial charge on any atom is 0.326 e. The molecule has 0 aliphatic carbocycles. The Morgan fingerprint density at radius 3 is 2.45 bits per heavy atom. The Labute approximate surface area is 218 Å². The fraction of sp³-hybridized carbons (Fsp3) is 0.480. The molecule has 5 unspecified atom stereocenters. The third kappa shape index (κ3) is 7.52. The van der Waals surface area contributed by atoms with Crippen LogP contribution in [0.2, 0.25) is 0 Å². The first kappa shape index (κ1) is 28.6. The highest BCUT2D eigenvalue weighted by Crippen LogP contribution is 2.19. The molecule has 1 aromatic carbocycles. The summed E-state index contributed by atoms with van der Waals surface area (Å²) in [5.41, 5.74) is 6.68. The van der Waals surface area contributed by atoms with Crippen LogP contribution in [0.5, 0.6) is 0 Å². The van der Waals surface area contributed by atoms with E-state index in [-0.39, 0.29) is 19.3 Å². The Hall–Kier alpha value is -3.97. The van der Waals surface area contributed by atoms with E-state index in [1.807, 2.05) is 24.3 Å². The number of fused-ring (bicyclic) bond motifs is 1. The number of carboxylic acid groups (broad SMARTS) is 1. The minimum Gasteiger partial charge on any atom is -0.480 e. The molecule has 4 amide bonds. The number of amides is 4. The van der Waals surface area contributed by atoms with Gasteiger partial charge in [0.2, 0.25) is 23.6 Å². The second-order valence-corrected chi connectivity index (χ2v) is 9.40. The standard InChI is InChI=1S/C25H34N6O7/c1-13(32)21(31-23(35)18(8-9-20(26)33)29-22(34)17-7-4-10-27-17)24(36)30-19(25(37)38)11-14-12-28-16-6-3-2-5-15(14)16/h2-3,5-6,12-13,17-19,21,27-28,32H,4,7-11H2,1H3,(H2,26,33)(H,29,34)(H,30,36)(H,31,35)(H,37,38).